The molecule has 0 saturated carbocycles. The van der Waals surface area contributed by atoms with Crippen LogP contribution in [0.4, 0.5) is 9.80 Å². The molecule has 0 atom stereocenters. The molecule has 1 aliphatic heterocycles. The molecule has 0 unspecified atom stereocenters. The number of ether oxygens (including phenoxy) is 1. The highest BCUT2D eigenvalue weighted by Crippen LogP contribution is 2.37. The summed E-state index contributed by atoms with van der Waals surface area (Å²) >= 11 is 1.25. The van der Waals surface area contributed by atoms with Crippen LogP contribution in [0.2, 0.25) is 0 Å². The van der Waals surface area contributed by atoms with Crippen molar-refractivity contribution in [2.24, 2.45) is 0 Å². The van der Waals surface area contributed by atoms with Crippen molar-refractivity contribution in [3.63, 3.8) is 0 Å². The molecule has 11 heteroatoms. The Hall–Kier alpha value is -2.94. The fourth-order valence-corrected chi connectivity index (χ4v) is 5.95. The van der Waals surface area contributed by atoms with Crippen molar-refractivity contribution in [2.75, 3.05) is 32.6 Å². The van der Waals surface area contributed by atoms with Crippen LogP contribution in [0.25, 0.3) is 0 Å². The first-order valence-corrected chi connectivity index (χ1v) is 12.7. The number of thiophene rings is 1. The molecule has 0 saturated heterocycles. The maximum absolute atomic E-state index is 12.8. The first-order chi connectivity index (χ1) is 15.7. The summed E-state index contributed by atoms with van der Waals surface area (Å²) in [5.41, 5.74) is 1.50. The van der Waals surface area contributed by atoms with Crippen LogP contribution in [0.1, 0.15) is 46.1 Å². The summed E-state index contributed by atoms with van der Waals surface area (Å²) in [6, 6.07) is 7.88. The van der Waals surface area contributed by atoms with E-state index < -0.39 is 22.0 Å². The van der Waals surface area contributed by atoms with Gasteiger partial charge in [-0.3, -0.25) is 4.79 Å². The number of carbonyl (C=O) groups is 2. The van der Waals surface area contributed by atoms with Gasteiger partial charge in [-0.05, 0) is 42.7 Å². The lowest BCUT2D eigenvalue weighted by Gasteiger charge is -2.25. The highest BCUT2D eigenvalue weighted by Gasteiger charge is 2.28. The lowest BCUT2D eigenvalue weighted by molar-refractivity contribution is 0.102. The molecule has 1 aromatic carbocycles. The van der Waals surface area contributed by atoms with Crippen LogP contribution < -0.4 is 5.32 Å². The van der Waals surface area contributed by atoms with E-state index in [1.807, 2.05) is 6.92 Å². The van der Waals surface area contributed by atoms with Gasteiger partial charge in [0.2, 0.25) is 10.0 Å². The number of hydrogen-bond acceptors (Lipinski definition) is 7. The minimum absolute atomic E-state index is 0.116. The van der Waals surface area contributed by atoms with Crippen LogP contribution in [0.15, 0.2) is 29.2 Å². The SMILES string of the molecule is CCCCN(C)S(=O)(=O)c1ccc(C(=O)Nc2sc3c(c2C#N)CCN(C(=O)OC)C3)cc1. The van der Waals surface area contributed by atoms with Crippen molar-refractivity contribution in [3.8, 4) is 6.07 Å². The number of methoxy groups -OCH3 is 1. The second kappa shape index (κ2) is 10.3. The van der Waals surface area contributed by atoms with Gasteiger partial charge in [0.25, 0.3) is 5.91 Å². The Balaban J connectivity index is 1.77. The predicted molar refractivity (Wildman–Crippen MR) is 125 cm³/mol. The molecule has 0 fully saturated rings. The van der Waals surface area contributed by atoms with Crippen LogP contribution >= 0.6 is 11.3 Å². The molecular weight excluding hydrogens is 464 g/mol. The molecule has 0 bridgehead atoms. The van der Waals surface area contributed by atoms with Gasteiger partial charge in [0.1, 0.15) is 11.1 Å². The number of nitrogens with zero attached hydrogens (tertiary/aromatic N) is 3. The van der Waals surface area contributed by atoms with E-state index in [-0.39, 0.29) is 10.5 Å². The molecule has 0 radical (unpaired) electrons. The smallest absolute Gasteiger partial charge is 0.409 e. The zero-order valence-corrected chi connectivity index (χ0v) is 20.4. The standard InChI is InChI=1S/C22H26N4O5S2/c1-4-5-11-25(2)33(29,30)16-8-6-15(7-9-16)20(27)24-21-18(13-23)17-10-12-26(22(28)31-3)14-19(17)32-21/h6-9H,4-5,10-12,14H2,1-3H3,(H,24,27). The Labute approximate surface area is 197 Å². The van der Waals surface area contributed by atoms with Crippen molar-refractivity contribution in [1.82, 2.24) is 9.21 Å². The monoisotopic (exact) mass is 490 g/mol. The van der Waals surface area contributed by atoms with Gasteiger partial charge in [0, 0.05) is 30.6 Å². The molecule has 33 heavy (non-hydrogen) atoms. The molecule has 1 aromatic heterocycles. The van der Waals surface area contributed by atoms with Gasteiger partial charge in [-0.15, -0.1) is 11.3 Å². The number of nitriles is 1. The molecular formula is C22H26N4O5S2. The van der Waals surface area contributed by atoms with Gasteiger partial charge >= 0.3 is 6.09 Å². The fourth-order valence-electron chi connectivity index (χ4n) is 3.53. The van der Waals surface area contributed by atoms with Crippen LogP contribution in [0, 0.1) is 11.3 Å². The zero-order chi connectivity index (χ0) is 24.2. The summed E-state index contributed by atoms with van der Waals surface area (Å²) < 4.78 is 31.4. The van der Waals surface area contributed by atoms with Gasteiger partial charge in [-0.2, -0.15) is 5.26 Å². The van der Waals surface area contributed by atoms with E-state index in [1.165, 1.54) is 54.1 Å². The highest BCUT2D eigenvalue weighted by atomic mass is 32.2. The highest BCUT2D eigenvalue weighted by molar-refractivity contribution is 7.89. The van der Waals surface area contributed by atoms with Gasteiger partial charge in [-0.25, -0.2) is 17.5 Å². The zero-order valence-electron chi connectivity index (χ0n) is 18.8. The molecule has 2 amide bonds. The third-order valence-corrected chi connectivity index (χ3v) is 8.48. The van der Waals surface area contributed by atoms with Crippen LogP contribution in [-0.2, 0) is 27.7 Å². The Morgan fingerprint density at radius 2 is 2.00 bits per heavy atom. The minimum Gasteiger partial charge on any atom is -0.453 e. The number of sulfonamides is 1. The number of anilines is 1. The third kappa shape index (κ3) is 5.19. The number of fused-ring (bicyclic) bond motifs is 1. The molecule has 1 N–H and O–H groups in total. The van der Waals surface area contributed by atoms with Crippen LogP contribution in [-0.4, -0.2) is 56.9 Å². The second-order valence-corrected chi connectivity index (χ2v) is 10.8. The Morgan fingerprint density at radius 3 is 2.61 bits per heavy atom. The average Bonchev–Trinajstić information content (AvgIpc) is 3.17. The number of nitrogens with one attached hydrogen (secondary N) is 1. The molecule has 2 aromatic rings. The first kappa shape index (κ1) is 24.7. The normalized spacial score (nSPS) is 13.4. The number of amides is 2. The van der Waals surface area contributed by atoms with Gasteiger partial charge in [-0.1, -0.05) is 13.3 Å². The van der Waals surface area contributed by atoms with Crippen molar-refractivity contribution in [2.45, 2.75) is 37.6 Å². The summed E-state index contributed by atoms with van der Waals surface area (Å²) in [5.74, 6) is -0.446. The number of carbonyl (C=O) groups excluding carboxylic acids is 2. The number of rotatable bonds is 7. The molecule has 3 rings (SSSR count). The number of hydrogen-bond donors (Lipinski definition) is 1. The van der Waals surface area contributed by atoms with E-state index in [0.29, 0.717) is 36.6 Å². The molecule has 2 heterocycles. The van der Waals surface area contributed by atoms with Crippen LogP contribution in [0.5, 0.6) is 0 Å². The largest absolute Gasteiger partial charge is 0.453 e. The summed E-state index contributed by atoms with van der Waals surface area (Å²) in [6.45, 7) is 3.16. The maximum Gasteiger partial charge on any atom is 0.409 e. The van der Waals surface area contributed by atoms with Crippen molar-refractivity contribution in [3.05, 3.63) is 45.8 Å². The van der Waals surface area contributed by atoms with E-state index >= 15 is 0 Å². The summed E-state index contributed by atoms with van der Waals surface area (Å²) in [7, 11) is -0.767. The summed E-state index contributed by atoms with van der Waals surface area (Å²) in [6.07, 6.45) is 1.71. The van der Waals surface area contributed by atoms with Gasteiger partial charge in [0.05, 0.1) is 24.1 Å². The Kier molecular flexibility index (Phi) is 7.73. The molecule has 0 aliphatic carbocycles. The summed E-state index contributed by atoms with van der Waals surface area (Å²) in [5, 5.41) is 12.8. The number of benzene rings is 1. The van der Waals surface area contributed by atoms with E-state index in [4.69, 9.17) is 4.74 Å². The quantitative estimate of drug-likeness (QED) is 0.635. The van der Waals surface area contributed by atoms with E-state index in [1.54, 1.807) is 4.90 Å². The lowest BCUT2D eigenvalue weighted by Crippen LogP contribution is -2.35. The average molecular weight is 491 g/mol. The second-order valence-electron chi connectivity index (χ2n) is 7.62. The predicted octanol–water partition coefficient (Wildman–Crippen LogP) is 3.42. The number of unbranched alkanes of at least 4 members (excludes halogenated alkanes) is 1. The van der Waals surface area contributed by atoms with E-state index in [9.17, 15) is 23.3 Å². The van der Waals surface area contributed by atoms with Gasteiger partial charge < -0.3 is 15.0 Å². The Morgan fingerprint density at radius 1 is 1.30 bits per heavy atom. The first-order valence-electron chi connectivity index (χ1n) is 10.5. The molecule has 176 valence electrons. The topological polar surface area (TPSA) is 120 Å². The van der Waals surface area contributed by atoms with Gasteiger partial charge in [0.15, 0.2) is 0 Å². The van der Waals surface area contributed by atoms with Crippen molar-refractivity contribution in [1.29, 1.82) is 5.26 Å². The molecule has 9 nitrogen and oxygen atoms in total. The maximum atomic E-state index is 12.8. The van der Waals surface area contributed by atoms with E-state index in [0.717, 1.165) is 23.3 Å². The summed E-state index contributed by atoms with van der Waals surface area (Å²) in [4.78, 5) is 27.1. The molecule has 1 aliphatic rings. The Bertz CT molecular complexity index is 1180. The lowest BCUT2D eigenvalue weighted by atomic mass is 10.0. The van der Waals surface area contributed by atoms with E-state index in [2.05, 4.69) is 11.4 Å². The van der Waals surface area contributed by atoms with Crippen LogP contribution in [0.3, 0.4) is 0 Å². The minimum atomic E-state index is -3.62. The fraction of sp³-hybridized carbons (Fsp3) is 0.409. The third-order valence-electron chi connectivity index (χ3n) is 5.48. The molecule has 0 spiro atoms. The van der Waals surface area contributed by atoms with Crippen molar-refractivity contribution < 1.29 is 22.7 Å². The van der Waals surface area contributed by atoms with Crippen molar-refractivity contribution >= 4 is 38.4 Å².